The Balaban J connectivity index is 2.00. The van der Waals surface area contributed by atoms with Crippen LogP contribution in [0, 0.1) is 12.3 Å². The van der Waals surface area contributed by atoms with Crippen LogP contribution in [0.2, 0.25) is 0 Å². The zero-order valence-corrected chi connectivity index (χ0v) is 14.9. The molecule has 3 aromatic carbocycles. The minimum absolute atomic E-state index is 0.0459. The fourth-order valence-electron chi connectivity index (χ4n) is 2.69. The number of carbonyl (C=O) groups excluding carboxylic acids is 2. The Morgan fingerprint density at radius 3 is 2.19 bits per heavy atom. The summed E-state index contributed by atoms with van der Waals surface area (Å²) in [6.07, 6.45) is -0.481. The van der Waals surface area contributed by atoms with Gasteiger partial charge in [-0.3, -0.25) is 9.59 Å². The van der Waals surface area contributed by atoms with E-state index in [9.17, 15) is 9.59 Å². The molecular weight excluding hydrogens is 338 g/mol. The van der Waals surface area contributed by atoms with Gasteiger partial charge in [-0.25, -0.2) is 0 Å². The summed E-state index contributed by atoms with van der Waals surface area (Å²) in [5.74, 6) is -0.0551. The molecule has 3 aromatic rings. The summed E-state index contributed by atoms with van der Waals surface area (Å²) in [5.41, 5.74) is 2.48. The van der Waals surface area contributed by atoms with E-state index in [0.29, 0.717) is 23.0 Å². The molecule has 0 bridgehead atoms. The van der Waals surface area contributed by atoms with Gasteiger partial charge in [-0.2, -0.15) is 0 Å². The summed E-state index contributed by atoms with van der Waals surface area (Å²) in [6.45, 7) is 1.96. The first-order valence-corrected chi connectivity index (χ1v) is 8.56. The molecule has 0 radical (unpaired) electrons. The van der Waals surface area contributed by atoms with E-state index in [2.05, 4.69) is 0 Å². The molecule has 0 saturated heterocycles. The molecule has 0 fully saturated rings. The lowest BCUT2D eigenvalue weighted by molar-refractivity contribution is 0.0867. The lowest BCUT2D eigenvalue weighted by atomic mass is 9.97. The number of hydrogen-bond donors (Lipinski definition) is 1. The smallest absolute Gasteiger partial charge is 0.209 e. The van der Waals surface area contributed by atoms with Crippen molar-refractivity contribution < 1.29 is 14.3 Å². The molecule has 1 N–H and O–H groups in total. The topological polar surface area (TPSA) is 67.2 Å². The number of ketones is 1. The summed E-state index contributed by atoms with van der Waals surface area (Å²) in [7, 11) is 0. The molecule has 0 spiro atoms. The Hall–Kier alpha value is -3.53. The molecule has 1 unspecified atom stereocenters. The van der Waals surface area contributed by atoms with E-state index in [1.807, 2.05) is 25.1 Å². The van der Waals surface area contributed by atoms with Crippen LogP contribution in [0.5, 0.6) is 5.75 Å². The summed E-state index contributed by atoms with van der Waals surface area (Å²) < 4.78 is 5.89. The number of ether oxygens (including phenoxy) is 1. The van der Waals surface area contributed by atoms with E-state index < -0.39 is 6.10 Å². The van der Waals surface area contributed by atoms with Gasteiger partial charge in [-0.05, 0) is 24.6 Å². The van der Waals surface area contributed by atoms with Crippen molar-refractivity contribution in [3.8, 4) is 5.75 Å². The summed E-state index contributed by atoms with van der Waals surface area (Å²) in [5, 5.41) is 8.58. The van der Waals surface area contributed by atoms with Crippen LogP contribution in [-0.2, 0) is 0 Å². The van der Waals surface area contributed by atoms with Gasteiger partial charge >= 0.3 is 0 Å². The fraction of sp³-hybridized carbons (Fsp3) is 0.0870. The number of aryl methyl sites for hydroxylation is 1. The van der Waals surface area contributed by atoms with E-state index in [1.54, 1.807) is 60.7 Å². The first-order valence-electron chi connectivity index (χ1n) is 8.56. The van der Waals surface area contributed by atoms with Crippen molar-refractivity contribution in [2.75, 3.05) is 0 Å². The van der Waals surface area contributed by atoms with Crippen LogP contribution in [-0.4, -0.2) is 23.9 Å². The van der Waals surface area contributed by atoms with Crippen LogP contribution in [0.3, 0.4) is 0 Å². The number of nitrogens with one attached hydrogen (secondary N) is 1. The lowest BCUT2D eigenvalue weighted by Crippen LogP contribution is -2.36. The van der Waals surface area contributed by atoms with E-state index in [4.69, 9.17) is 10.1 Å². The van der Waals surface area contributed by atoms with Crippen molar-refractivity contribution in [1.29, 1.82) is 5.41 Å². The van der Waals surface area contributed by atoms with Gasteiger partial charge in [0, 0.05) is 5.56 Å². The molecule has 0 aliphatic rings. The minimum Gasteiger partial charge on any atom is -0.475 e. The van der Waals surface area contributed by atoms with Crippen LogP contribution in [0.15, 0.2) is 78.9 Å². The Bertz CT molecular complexity index is 962. The van der Waals surface area contributed by atoms with Crippen LogP contribution in [0.4, 0.5) is 0 Å². The van der Waals surface area contributed by atoms with E-state index in [-0.39, 0.29) is 17.2 Å². The largest absolute Gasteiger partial charge is 0.475 e. The first kappa shape index (κ1) is 18.3. The molecule has 1 atom stereocenters. The number of benzene rings is 3. The number of rotatable bonds is 7. The second-order valence-corrected chi connectivity index (χ2v) is 6.16. The van der Waals surface area contributed by atoms with Crippen molar-refractivity contribution in [3.63, 3.8) is 0 Å². The lowest BCUT2D eigenvalue weighted by Gasteiger charge is -2.20. The van der Waals surface area contributed by atoms with Crippen LogP contribution < -0.4 is 4.74 Å². The number of Topliss-reactive ketones (excluding diaryl/α,β-unsaturated/α-hetero) is 1. The molecular formula is C23H19NO3. The number of aldehydes is 1. The molecule has 3 rings (SSSR count). The van der Waals surface area contributed by atoms with Gasteiger partial charge in [0.15, 0.2) is 6.29 Å². The van der Waals surface area contributed by atoms with E-state index >= 15 is 0 Å². The summed E-state index contributed by atoms with van der Waals surface area (Å²) in [6, 6.07) is 22.7. The SMILES string of the molecule is Cc1ccc(C(=N)C(Oc2ccccc2C=O)C(=O)c2ccccc2)cc1. The molecule has 0 aromatic heterocycles. The highest BCUT2D eigenvalue weighted by molar-refractivity contribution is 6.19. The average molecular weight is 357 g/mol. The Kier molecular flexibility index (Phi) is 5.57. The van der Waals surface area contributed by atoms with Crippen molar-refractivity contribution >= 4 is 17.8 Å². The van der Waals surface area contributed by atoms with Crippen molar-refractivity contribution in [1.82, 2.24) is 0 Å². The molecule has 0 saturated carbocycles. The molecule has 134 valence electrons. The predicted octanol–water partition coefficient (Wildman–Crippen LogP) is 4.51. The van der Waals surface area contributed by atoms with Gasteiger partial charge in [0.05, 0.1) is 11.3 Å². The van der Waals surface area contributed by atoms with Gasteiger partial charge < -0.3 is 10.1 Å². The normalized spacial score (nSPS) is 11.4. The molecule has 0 heterocycles. The maximum atomic E-state index is 13.1. The molecule has 4 heteroatoms. The fourth-order valence-corrected chi connectivity index (χ4v) is 2.69. The summed E-state index contributed by atoms with van der Waals surface area (Å²) in [4.78, 5) is 24.4. The maximum Gasteiger partial charge on any atom is 0.209 e. The summed E-state index contributed by atoms with van der Waals surface area (Å²) >= 11 is 0. The third-order valence-corrected chi connectivity index (χ3v) is 4.21. The standard InChI is InChI=1S/C23H19NO3/c1-16-11-13-17(14-12-16)21(24)23(22(26)18-7-3-2-4-8-18)27-20-10-6-5-9-19(20)15-25/h2-15,23-24H,1H3. The van der Waals surface area contributed by atoms with Gasteiger partial charge in [0.2, 0.25) is 11.9 Å². The number of hydrogen-bond acceptors (Lipinski definition) is 4. The zero-order chi connectivity index (χ0) is 19.2. The van der Waals surface area contributed by atoms with Crippen LogP contribution in [0.25, 0.3) is 0 Å². The van der Waals surface area contributed by atoms with Crippen LogP contribution >= 0.6 is 0 Å². The minimum atomic E-state index is -1.16. The van der Waals surface area contributed by atoms with E-state index in [0.717, 1.165) is 5.56 Å². The van der Waals surface area contributed by atoms with Crippen molar-refractivity contribution in [3.05, 3.63) is 101 Å². The Morgan fingerprint density at radius 1 is 0.889 bits per heavy atom. The van der Waals surface area contributed by atoms with Gasteiger partial charge in [0.25, 0.3) is 0 Å². The number of carbonyl (C=O) groups is 2. The Morgan fingerprint density at radius 2 is 1.52 bits per heavy atom. The highest BCUT2D eigenvalue weighted by Gasteiger charge is 2.28. The van der Waals surface area contributed by atoms with Crippen molar-refractivity contribution in [2.24, 2.45) is 0 Å². The highest BCUT2D eigenvalue weighted by atomic mass is 16.5. The quantitative estimate of drug-likeness (QED) is 0.384. The third kappa shape index (κ3) is 4.18. The monoisotopic (exact) mass is 357 g/mol. The van der Waals surface area contributed by atoms with Gasteiger partial charge in [-0.15, -0.1) is 0 Å². The Labute approximate surface area is 157 Å². The maximum absolute atomic E-state index is 13.1. The molecule has 0 amide bonds. The van der Waals surface area contributed by atoms with Crippen molar-refractivity contribution in [2.45, 2.75) is 13.0 Å². The molecule has 0 aliphatic carbocycles. The second kappa shape index (κ2) is 8.23. The second-order valence-electron chi connectivity index (χ2n) is 6.16. The number of para-hydroxylation sites is 1. The van der Waals surface area contributed by atoms with Crippen LogP contribution in [0.1, 0.15) is 31.8 Å². The van der Waals surface area contributed by atoms with E-state index in [1.165, 1.54) is 0 Å². The van der Waals surface area contributed by atoms with Gasteiger partial charge in [-0.1, -0.05) is 72.3 Å². The molecule has 27 heavy (non-hydrogen) atoms. The molecule has 4 nitrogen and oxygen atoms in total. The highest BCUT2D eigenvalue weighted by Crippen LogP contribution is 2.21. The zero-order valence-electron chi connectivity index (χ0n) is 14.9. The third-order valence-electron chi connectivity index (χ3n) is 4.21. The average Bonchev–Trinajstić information content (AvgIpc) is 2.72. The first-order chi connectivity index (χ1) is 13.1. The molecule has 0 aliphatic heterocycles. The van der Waals surface area contributed by atoms with Gasteiger partial charge in [0.1, 0.15) is 5.75 Å². The predicted molar refractivity (Wildman–Crippen MR) is 105 cm³/mol.